The maximum absolute atomic E-state index is 13.4. The van der Waals surface area contributed by atoms with Crippen molar-refractivity contribution in [3.63, 3.8) is 0 Å². The second-order valence-electron chi connectivity index (χ2n) is 3.02. The van der Waals surface area contributed by atoms with E-state index in [0.717, 1.165) is 6.07 Å². The number of nitriles is 1. The van der Waals surface area contributed by atoms with Gasteiger partial charge in [-0.15, -0.1) is 0 Å². The zero-order valence-corrected chi connectivity index (χ0v) is 9.81. The number of nitrogens with zero attached hydrogens (tertiary/aromatic N) is 1. The molecule has 0 aliphatic heterocycles. The highest BCUT2D eigenvalue weighted by atomic mass is 35.5. The van der Waals surface area contributed by atoms with Gasteiger partial charge in [0.1, 0.15) is 10.9 Å². The summed E-state index contributed by atoms with van der Waals surface area (Å²) in [7, 11) is -4.06. The van der Waals surface area contributed by atoms with Crippen molar-refractivity contribution in [2.45, 2.75) is 17.9 Å². The molecule has 4 nitrogen and oxygen atoms in total. The van der Waals surface area contributed by atoms with Crippen molar-refractivity contribution >= 4 is 21.6 Å². The predicted molar refractivity (Wildman–Crippen MR) is 56.8 cm³/mol. The first-order valence-electron chi connectivity index (χ1n) is 4.24. The van der Waals surface area contributed by atoms with Crippen LogP contribution < -0.4 is 4.72 Å². The van der Waals surface area contributed by atoms with Crippen LogP contribution in [0.5, 0.6) is 0 Å². The number of sulfonamides is 1. The number of halogens is 2. The Kier molecular flexibility index (Phi) is 3.86. The van der Waals surface area contributed by atoms with E-state index in [0.29, 0.717) is 0 Å². The lowest BCUT2D eigenvalue weighted by Gasteiger charge is -2.09. The SMILES string of the molecule is CC(C#N)NS(=O)(=O)c1cccc(Cl)c1F. The summed E-state index contributed by atoms with van der Waals surface area (Å²) in [6, 6.07) is 4.37. The van der Waals surface area contributed by atoms with Gasteiger partial charge in [0, 0.05) is 0 Å². The molecule has 1 N–H and O–H groups in total. The van der Waals surface area contributed by atoms with E-state index in [-0.39, 0.29) is 5.02 Å². The van der Waals surface area contributed by atoms with Gasteiger partial charge in [0.25, 0.3) is 0 Å². The molecule has 0 radical (unpaired) electrons. The fourth-order valence-electron chi connectivity index (χ4n) is 1.01. The molecule has 16 heavy (non-hydrogen) atoms. The van der Waals surface area contributed by atoms with Crippen LogP contribution in [0, 0.1) is 17.1 Å². The second-order valence-corrected chi connectivity index (χ2v) is 5.11. The van der Waals surface area contributed by atoms with Gasteiger partial charge < -0.3 is 0 Å². The summed E-state index contributed by atoms with van der Waals surface area (Å²) in [5, 5.41) is 8.19. The third-order valence-corrected chi connectivity index (χ3v) is 3.58. The Hall–Kier alpha value is -1.16. The van der Waals surface area contributed by atoms with Crippen LogP contribution in [0.1, 0.15) is 6.92 Å². The Morgan fingerprint density at radius 1 is 1.56 bits per heavy atom. The molecule has 0 fully saturated rings. The zero-order chi connectivity index (χ0) is 12.3. The molecule has 1 rings (SSSR count). The van der Waals surface area contributed by atoms with Crippen molar-refractivity contribution in [1.29, 1.82) is 5.26 Å². The normalized spacial score (nSPS) is 13.1. The van der Waals surface area contributed by atoms with Crippen LogP contribution >= 0.6 is 11.6 Å². The summed E-state index contributed by atoms with van der Waals surface area (Å²) in [5.41, 5.74) is 0. The van der Waals surface area contributed by atoms with Gasteiger partial charge >= 0.3 is 0 Å². The summed E-state index contributed by atoms with van der Waals surface area (Å²) < 4.78 is 38.6. The molecule has 0 aromatic heterocycles. The summed E-state index contributed by atoms with van der Waals surface area (Å²) in [4.78, 5) is -0.567. The van der Waals surface area contributed by atoms with Gasteiger partial charge in [0.15, 0.2) is 5.82 Å². The third-order valence-electron chi connectivity index (χ3n) is 1.73. The fraction of sp³-hybridized carbons (Fsp3) is 0.222. The van der Waals surface area contributed by atoms with Crippen LogP contribution in [0.3, 0.4) is 0 Å². The quantitative estimate of drug-likeness (QED) is 0.901. The molecular weight excluding hydrogens is 255 g/mol. The van der Waals surface area contributed by atoms with Crippen LogP contribution in [0.25, 0.3) is 0 Å². The lowest BCUT2D eigenvalue weighted by molar-refractivity contribution is 0.554. The number of hydrogen-bond acceptors (Lipinski definition) is 3. The highest BCUT2D eigenvalue weighted by molar-refractivity contribution is 7.89. The summed E-state index contributed by atoms with van der Waals surface area (Å²) >= 11 is 5.46. The Morgan fingerprint density at radius 3 is 2.75 bits per heavy atom. The number of hydrogen-bond donors (Lipinski definition) is 1. The van der Waals surface area contributed by atoms with Crippen LogP contribution in [-0.4, -0.2) is 14.5 Å². The number of nitrogens with one attached hydrogen (secondary N) is 1. The predicted octanol–water partition coefficient (Wildman–Crippen LogP) is 1.67. The van der Waals surface area contributed by atoms with Crippen molar-refractivity contribution in [3.8, 4) is 6.07 Å². The molecule has 0 spiro atoms. The summed E-state index contributed by atoms with van der Waals surface area (Å²) in [6.45, 7) is 1.35. The maximum atomic E-state index is 13.4. The number of benzene rings is 1. The molecule has 0 heterocycles. The molecule has 1 unspecified atom stereocenters. The van der Waals surface area contributed by atoms with Gasteiger partial charge in [-0.1, -0.05) is 17.7 Å². The zero-order valence-electron chi connectivity index (χ0n) is 8.24. The standard InChI is InChI=1S/C9H8ClFN2O2S/c1-6(5-12)13-16(14,15)8-4-2-3-7(10)9(8)11/h2-4,6,13H,1H3. The van der Waals surface area contributed by atoms with Crippen molar-refractivity contribution < 1.29 is 12.8 Å². The summed E-state index contributed by atoms with van der Waals surface area (Å²) in [5.74, 6) is -1.03. The van der Waals surface area contributed by atoms with Gasteiger partial charge in [-0.25, -0.2) is 12.8 Å². The van der Waals surface area contributed by atoms with E-state index in [1.807, 2.05) is 4.72 Å². The number of rotatable bonds is 3. The molecule has 1 atom stereocenters. The Labute approximate surface area is 97.7 Å². The summed E-state index contributed by atoms with van der Waals surface area (Å²) in [6.07, 6.45) is 0. The molecular formula is C9H8ClFN2O2S. The Balaban J connectivity index is 3.19. The minimum Gasteiger partial charge on any atom is -0.207 e. The Morgan fingerprint density at radius 2 is 2.19 bits per heavy atom. The Bertz CT molecular complexity index is 539. The van der Waals surface area contributed by atoms with E-state index in [4.69, 9.17) is 16.9 Å². The highest BCUT2D eigenvalue weighted by Gasteiger charge is 2.22. The molecule has 86 valence electrons. The molecule has 1 aromatic carbocycles. The fourth-order valence-corrected chi connectivity index (χ4v) is 2.49. The smallest absolute Gasteiger partial charge is 0.207 e. The molecule has 0 saturated carbocycles. The van der Waals surface area contributed by atoms with Gasteiger partial charge in [0.05, 0.1) is 11.1 Å². The van der Waals surface area contributed by atoms with Crippen LogP contribution in [0.15, 0.2) is 23.1 Å². The minimum atomic E-state index is -4.06. The minimum absolute atomic E-state index is 0.285. The van der Waals surface area contributed by atoms with E-state index < -0.39 is 26.8 Å². The highest BCUT2D eigenvalue weighted by Crippen LogP contribution is 2.21. The van der Waals surface area contributed by atoms with E-state index in [1.54, 1.807) is 6.07 Å². The van der Waals surface area contributed by atoms with Gasteiger partial charge in [-0.05, 0) is 19.1 Å². The average molecular weight is 263 g/mol. The molecule has 0 bridgehead atoms. The van der Waals surface area contributed by atoms with Crippen LogP contribution in [0.4, 0.5) is 4.39 Å². The molecule has 0 saturated heterocycles. The van der Waals surface area contributed by atoms with Crippen LogP contribution in [-0.2, 0) is 10.0 Å². The van der Waals surface area contributed by atoms with Crippen molar-refractivity contribution in [1.82, 2.24) is 4.72 Å². The molecule has 0 aliphatic rings. The molecule has 7 heteroatoms. The topological polar surface area (TPSA) is 70.0 Å². The first-order chi connectivity index (χ1) is 7.38. The largest absolute Gasteiger partial charge is 0.244 e. The van der Waals surface area contributed by atoms with E-state index >= 15 is 0 Å². The van der Waals surface area contributed by atoms with Gasteiger partial charge in [-0.2, -0.15) is 9.98 Å². The first kappa shape index (κ1) is 12.9. The average Bonchev–Trinajstić information content (AvgIpc) is 2.21. The molecule has 0 aliphatic carbocycles. The van der Waals surface area contributed by atoms with Crippen molar-refractivity contribution in [2.75, 3.05) is 0 Å². The van der Waals surface area contributed by atoms with Crippen molar-refractivity contribution in [2.24, 2.45) is 0 Å². The van der Waals surface area contributed by atoms with Crippen molar-refractivity contribution in [3.05, 3.63) is 29.0 Å². The second kappa shape index (κ2) is 4.78. The molecule has 0 amide bonds. The van der Waals surface area contributed by atoms with E-state index in [1.165, 1.54) is 19.1 Å². The molecule has 1 aromatic rings. The maximum Gasteiger partial charge on any atom is 0.244 e. The monoisotopic (exact) mass is 262 g/mol. The van der Waals surface area contributed by atoms with E-state index in [9.17, 15) is 12.8 Å². The van der Waals surface area contributed by atoms with Gasteiger partial charge in [0.2, 0.25) is 10.0 Å². The lowest BCUT2D eigenvalue weighted by atomic mass is 10.3. The van der Waals surface area contributed by atoms with Gasteiger partial charge in [-0.3, -0.25) is 0 Å². The van der Waals surface area contributed by atoms with Crippen LogP contribution in [0.2, 0.25) is 5.02 Å². The van der Waals surface area contributed by atoms with E-state index in [2.05, 4.69) is 0 Å². The lowest BCUT2D eigenvalue weighted by Crippen LogP contribution is -2.32. The third kappa shape index (κ3) is 2.70. The first-order valence-corrected chi connectivity index (χ1v) is 6.10.